The number of piperidine rings is 1. The second-order valence-corrected chi connectivity index (χ2v) is 9.33. The maximum absolute atomic E-state index is 10.6. The Morgan fingerprint density at radius 2 is 1.97 bits per heavy atom. The molecule has 0 atom stereocenters. The summed E-state index contributed by atoms with van der Waals surface area (Å²) in [5, 5.41) is 20.0. The van der Waals surface area contributed by atoms with E-state index in [-0.39, 0.29) is 5.75 Å². The highest BCUT2D eigenvalue weighted by Crippen LogP contribution is 2.39. The van der Waals surface area contributed by atoms with Gasteiger partial charge in [0, 0.05) is 43.2 Å². The molecule has 5 heterocycles. The number of aromatic nitrogens is 5. The highest BCUT2D eigenvalue weighted by molar-refractivity contribution is 7.29. The molecule has 0 aromatic carbocycles. The molecule has 156 valence electrons. The monoisotopic (exact) mass is 441 g/mol. The van der Waals surface area contributed by atoms with E-state index in [2.05, 4.69) is 27.3 Å². The Hall–Kier alpha value is -2.56. The van der Waals surface area contributed by atoms with Gasteiger partial charge in [0.25, 0.3) is 0 Å². The van der Waals surface area contributed by atoms with Crippen molar-refractivity contribution >= 4 is 37.5 Å². The number of fused-ring (bicyclic) bond motifs is 1. The third kappa shape index (κ3) is 3.55. The first-order valence-corrected chi connectivity index (χ1v) is 11.7. The Labute approximate surface area is 182 Å². The molecule has 10 heteroatoms. The van der Waals surface area contributed by atoms with Crippen molar-refractivity contribution in [3.05, 3.63) is 24.7 Å². The summed E-state index contributed by atoms with van der Waals surface area (Å²) in [4.78, 5) is 18.1. The van der Waals surface area contributed by atoms with Gasteiger partial charge in [0.05, 0.1) is 6.20 Å². The van der Waals surface area contributed by atoms with E-state index >= 15 is 0 Å². The molecule has 4 aromatic heterocycles. The van der Waals surface area contributed by atoms with Crippen molar-refractivity contribution in [2.45, 2.75) is 32.4 Å². The van der Waals surface area contributed by atoms with Gasteiger partial charge in [0.15, 0.2) is 14.8 Å². The zero-order chi connectivity index (χ0) is 20.7. The van der Waals surface area contributed by atoms with Crippen LogP contribution >= 0.6 is 22.7 Å². The van der Waals surface area contributed by atoms with E-state index in [0.29, 0.717) is 16.7 Å². The smallest absolute Gasteiger partial charge is 0.188 e. The zero-order valence-corrected chi connectivity index (χ0v) is 18.5. The van der Waals surface area contributed by atoms with Crippen LogP contribution in [0, 0.1) is 0 Å². The molecule has 2 N–H and O–H groups in total. The van der Waals surface area contributed by atoms with E-state index in [9.17, 15) is 5.11 Å². The Morgan fingerprint density at radius 3 is 2.67 bits per heavy atom. The predicted molar refractivity (Wildman–Crippen MR) is 121 cm³/mol. The van der Waals surface area contributed by atoms with Gasteiger partial charge in [-0.1, -0.05) is 22.7 Å². The van der Waals surface area contributed by atoms with Gasteiger partial charge in [-0.05, 0) is 38.9 Å². The summed E-state index contributed by atoms with van der Waals surface area (Å²) in [6.45, 7) is 4.94. The van der Waals surface area contributed by atoms with Crippen molar-refractivity contribution in [2.24, 2.45) is 0 Å². The van der Waals surface area contributed by atoms with Gasteiger partial charge < -0.3 is 15.3 Å². The predicted octanol–water partition coefficient (Wildman–Crippen LogP) is 3.59. The van der Waals surface area contributed by atoms with Crippen LogP contribution in [-0.2, 0) is 6.54 Å². The molecule has 1 aliphatic rings. The lowest BCUT2D eigenvalue weighted by Crippen LogP contribution is -2.41. The molecule has 4 aromatic rings. The van der Waals surface area contributed by atoms with E-state index < -0.39 is 0 Å². The molecule has 0 spiro atoms. The molecule has 0 aliphatic carbocycles. The highest BCUT2D eigenvalue weighted by Gasteiger charge is 2.22. The van der Waals surface area contributed by atoms with Crippen LogP contribution in [0.25, 0.3) is 31.5 Å². The van der Waals surface area contributed by atoms with Crippen LogP contribution in [0.2, 0.25) is 0 Å². The van der Waals surface area contributed by atoms with Crippen molar-refractivity contribution in [1.29, 1.82) is 0 Å². The summed E-state index contributed by atoms with van der Waals surface area (Å²) in [5.74, 6) is 0.116. The van der Waals surface area contributed by atoms with Crippen LogP contribution in [0.1, 0.15) is 19.8 Å². The third-order valence-corrected chi connectivity index (χ3v) is 7.61. The number of thiazole rings is 2. The number of pyridine rings is 1. The third-order valence-electron chi connectivity index (χ3n) is 5.48. The minimum absolute atomic E-state index is 0.116. The summed E-state index contributed by atoms with van der Waals surface area (Å²) >= 11 is 3.07. The van der Waals surface area contributed by atoms with E-state index in [4.69, 9.17) is 9.97 Å². The number of nitrogens with one attached hydrogen (secondary N) is 1. The van der Waals surface area contributed by atoms with Gasteiger partial charge in [-0.15, -0.1) is 0 Å². The number of rotatable bonds is 5. The summed E-state index contributed by atoms with van der Waals surface area (Å²) in [5.41, 5.74) is 2.25. The first-order valence-electron chi connectivity index (χ1n) is 10.1. The summed E-state index contributed by atoms with van der Waals surface area (Å²) in [6.07, 6.45) is 7.74. The van der Waals surface area contributed by atoms with E-state index in [1.165, 1.54) is 11.3 Å². The number of anilines is 1. The number of hydrogen-bond donors (Lipinski definition) is 2. The minimum atomic E-state index is 0.116. The summed E-state index contributed by atoms with van der Waals surface area (Å²) in [7, 11) is 2.12. The number of aromatic hydroxyl groups is 1. The van der Waals surface area contributed by atoms with Crippen molar-refractivity contribution in [3.8, 4) is 27.6 Å². The molecular weight excluding hydrogens is 418 g/mol. The molecule has 0 bridgehead atoms. The average molecular weight is 442 g/mol. The molecule has 1 aliphatic heterocycles. The molecule has 1 fully saturated rings. The molecular formula is C20H23N7OS2. The van der Waals surface area contributed by atoms with E-state index in [1.807, 2.05) is 17.8 Å². The van der Waals surface area contributed by atoms with Crippen LogP contribution in [0.4, 0.5) is 5.13 Å². The second-order valence-electron chi connectivity index (χ2n) is 7.39. The molecule has 5 rings (SSSR count). The molecule has 8 nitrogen and oxygen atoms in total. The molecule has 0 radical (unpaired) electrons. The van der Waals surface area contributed by atoms with Crippen molar-refractivity contribution in [3.63, 3.8) is 0 Å². The first-order chi connectivity index (χ1) is 14.6. The minimum Gasteiger partial charge on any atom is -0.506 e. The summed E-state index contributed by atoms with van der Waals surface area (Å²) < 4.78 is 1.85. The average Bonchev–Trinajstić information content (AvgIpc) is 3.48. The Bertz CT molecular complexity index is 1140. The molecule has 0 unspecified atom stereocenters. The van der Waals surface area contributed by atoms with Gasteiger partial charge in [0.1, 0.15) is 16.5 Å². The van der Waals surface area contributed by atoms with Crippen LogP contribution in [0.5, 0.6) is 5.75 Å². The largest absolute Gasteiger partial charge is 0.506 e. The van der Waals surface area contributed by atoms with Crippen LogP contribution in [0.3, 0.4) is 0 Å². The van der Waals surface area contributed by atoms with E-state index in [1.54, 1.807) is 29.8 Å². The van der Waals surface area contributed by atoms with Gasteiger partial charge in [-0.3, -0.25) is 4.68 Å². The van der Waals surface area contributed by atoms with Gasteiger partial charge in [-0.2, -0.15) is 5.10 Å². The fourth-order valence-corrected chi connectivity index (χ4v) is 5.77. The van der Waals surface area contributed by atoms with Crippen LogP contribution in [0.15, 0.2) is 24.7 Å². The maximum Gasteiger partial charge on any atom is 0.188 e. The quantitative estimate of drug-likeness (QED) is 0.489. The molecule has 30 heavy (non-hydrogen) atoms. The fourth-order valence-electron chi connectivity index (χ4n) is 3.70. The van der Waals surface area contributed by atoms with E-state index in [0.717, 1.165) is 58.4 Å². The number of aryl methyl sites for hydroxylation is 1. The fraction of sp³-hybridized carbons (Fsp3) is 0.400. The standard InChI is InChI=1S/C20H23N7OS2/c1-3-27-11-13(10-23-27)12-8-15(28)16(22-9-12)17-24-18-19(29-17)25-20(30-18)26(2)14-4-6-21-7-5-14/h8-11,14,21,28H,3-7H2,1-2H3. The van der Waals surface area contributed by atoms with Crippen molar-refractivity contribution in [1.82, 2.24) is 30.0 Å². The van der Waals surface area contributed by atoms with Crippen LogP contribution in [-0.4, -0.2) is 56.0 Å². The number of nitrogens with zero attached hydrogens (tertiary/aromatic N) is 6. The lowest BCUT2D eigenvalue weighted by molar-refractivity contribution is 0.443. The first kappa shape index (κ1) is 19.4. The normalized spacial score (nSPS) is 15.1. The SMILES string of the molecule is CCn1cc(-c2cnc(-c3nc4sc(N(C)C5CCNCC5)nc4s3)c(O)c2)cn1. The Kier molecular flexibility index (Phi) is 5.13. The maximum atomic E-state index is 10.6. The summed E-state index contributed by atoms with van der Waals surface area (Å²) in [6, 6.07) is 2.24. The molecule has 0 amide bonds. The molecule has 0 saturated carbocycles. The van der Waals surface area contributed by atoms with Crippen molar-refractivity contribution < 1.29 is 5.11 Å². The van der Waals surface area contributed by atoms with Gasteiger partial charge in [0.2, 0.25) is 0 Å². The Balaban J connectivity index is 1.40. The van der Waals surface area contributed by atoms with Crippen molar-refractivity contribution in [2.75, 3.05) is 25.0 Å². The topological polar surface area (TPSA) is 92.0 Å². The number of hydrogen-bond acceptors (Lipinski definition) is 9. The van der Waals surface area contributed by atoms with Gasteiger partial charge >= 0.3 is 0 Å². The lowest BCUT2D eigenvalue weighted by atomic mass is 10.1. The van der Waals surface area contributed by atoms with Crippen LogP contribution < -0.4 is 10.2 Å². The second kappa shape index (κ2) is 7.93. The molecule has 1 saturated heterocycles. The highest BCUT2D eigenvalue weighted by atomic mass is 32.1. The lowest BCUT2D eigenvalue weighted by Gasteiger charge is -2.31. The van der Waals surface area contributed by atoms with Gasteiger partial charge in [-0.25, -0.2) is 15.0 Å². The zero-order valence-electron chi connectivity index (χ0n) is 16.9. The Morgan fingerprint density at radius 1 is 1.17 bits per heavy atom.